The minimum atomic E-state index is -3.34. The van der Waals surface area contributed by atoms with Crippen molar-refractivity contribution in [2.45, 2.75) is 23.8 Å². The van der Waals surface area contributed by atoms with Crippen LogP contribution in [0.4, 0.5) is 8.78 Å². The number of aliphatic hydroxyl groups is 1. The van der Waals surface area contributed by atoms with Gasteiger partial charge in [-0.05, 0) is 40.0 Å². The van der Waals surface area contributed by atoms with Gasteiger partial charge in [-0.2, -0.15) is 8.78 Å². The molecule has 84 valence electrons. The van der Waals surface area contributed by atoms with E-state index in [4.69, 9.17) is 0 Å². The molecule has 0 saturated carbocycles. The molecule has 0 fully saturated rings. The predicted octanol–water partition coefficient (Wildman–Crippen LogP) is 4.03. The lowest BCUT2D eigenvalue weighted by molar-refractivity contribution is -0.124. The van der Waals surface area contributed by atoms with Crippen molar-refractivity contribution < 1.29 is 13.9 Å². The van der Waals surface area contributed by atoms with Gasteiger partial charge in [0.1, 0.15) is 0 Å². The third kappa shape index (κ3) is 2.57. The highest BCUT2D eigenvalue weighted by Gasteiger charge is 2.50. The Labute approximate surface area is 104 Å². The van der Waals surface area contributed by atoms with E-state index >= 15 is 0 Å². The van der Waals surface area contributed by atoms with Crippen LogP contribution in [0.15, 0.2) is 28.7 Å². The molecule has 1 unspecified atom stereocenters. The summed E-state index contributed by atoms with van der Waals surface area (Å²) in [5.41, 5.74) is -1.98. The lowest BCUT2D eigenvalue weighted by atomic mass is 9.92. The van der Waals surface area contributed by atoms with E-state index in [-0.39, 0.29) is 12.0 Å². The van der Waals surface area contributed by atoms with E-state index in [0.717, 1.165) is 4.47 Å². The molecular formula is C10H10Br2F2O. The average Bonchev–Trinajstić information content (AvgIpc) is 2.16. The molecule has 1 atom stereocenters. The second-order valence-corrected chi connectivity index (χ2v) is 5.13. The van der Waals surface area contributed by atoms with Gasteiger partial charge in [0.25, 0.3) is 0 Å². The maximum atomic E-state index is 13.2. The third-order valence-electron chi connectivity index (χ3n) is 2.30. The van der Waals surface area contributed by atoms with E-state index in [0.29, 0.717) is 0 Å². The highest BCUT2D eigenvalue weighted by atomic mass is 79.9. The largest absolute Gasteiger partial charge is 0.378 e. The number of rotatable bonds is 3. The van der Waals surface area contributed by atoms with Crippen LogP contribution in [0.1, 0.15) is 18.9 Å². The van der Waals surface area contributed by atoms with Crippen molar-refractivity contribution in [2.75, 3.05) is 0 Å². The number of hydrogen-bond acceptors (Lipinski definition) is 1. The van der Waals surface area contributed by atoms with Crippen LogP contribution in [0.5, 0.6) is 0 Å². The Balaban J connectivity index is 3.18. The van der Waals surface area contributed by atoms with Gasteiger partial charge in [-0.25, -0.2) is 0 Å². The van der Waals surface area contributed by atoms with Crippen molar-refractivity contribution in [1.82, 2.24) is 0 Å². The summed E-state index contributed by atoms with van der Waals surface area (Å²) in [6.45, 7) is 1.51. The van der Waals surface area contributed by atoms with Crippen molar-refractivity contribution >= 4 is 31.9 Å². The number of alkyl halides is 3. The standard InChI is InChI=1S/C10H10Br2F2O/c1-2-9(15,10(12,13)14)7-3-5-8(11)6-4-7/h3-6,15H,2H2,1H3. The van der Waals surface area contributed by atoms with Gasteiger partial charge in [0.2, 0.25) is 0 Å². The number of hydrogen-bond donors (Lipinski definition) is 1. The lowest BCUT2D eigenvalue weighted by Crippen LogP contribution is -2.40. The molecule has 0 bridgehead atoms. The molecule has 0 aliphatic carbocycles. The fourth-order valence-electron chi connectivity index (χ4n) is 1.29. The maximum absolute atomic E-state index is 13.2. The molecule has 0 aromatic heterocycles. The zero-order valence-corrected chi connectivity index (χ0v) is 11.1. The minimum Gasteiger partial charge on any atom is -0.378 e. The van der Waals surface area contributed by atoms with Crippen LogP contribution in [0.2, 0.25) is 0 Å². The zero-order valence-electron chi connectivity index (χ0n) is 7.98. The van der Waals surface area contributed by atoms with E-state index in [1.807, 2.05) is 0 Å². The first-order valence-electron chi connectivity index (χ1n) is 4.36. The van der Waals surface area contributed by atoms with E-state index in [1.165, 1.54) is 19.1 Å². The Morgan fingerprint density at radius 1 is 1.27 bits per heavy atom. The average molecular weight is 344 g/mol. The molecular weight excluding hydrogens is 334 g/mol. The summed E-state index contributed by atoms with van der Waals surface area (Å²) in [5.74, 6) is 0. The molecule has 1 rings (SSSR count). The number of benzene rings is 1. The summed E-state index contributed by atoms with van der Waals surface area (Å²) in [6.07, 6.45) is -0.0765. The van der Waals surface area contributed by atoms with Crippen LogP contribution >= 0.6 is 31.9 Å². The van der Waals surface area contributed by atoms with Gasteiger partial charge < -0.3 is 5.11 Å². The quantitative estimate of drug-likeness (QED) is 0.821. The smallest absolute Gasteiger partial charge is 0.333 e. The monoisotopic (exact) mass is 342 g/mol. The number of halogens is 4. The fraction of sp³-hybridized carbons (Fsp3) is 0.400. The minimum absolute atomic E-state index is 0.0765. The van der Waals surface area contributed by atoms with Gasteiger partial charge in [-0.3, -0.25) is 0 Å². The lowest BCUT2D eigenvalue weighted by Gasteiger charge is -2.31. The molecule has 0 amide bonds. The van der Waals surface area contributed by atoms with Crippen LogP contribution in [0.25, 0.3) is 0 Å². The molecule has 15 heavy (non-hydrogen) atoms. The van der Waals surface area contributed by atoms with Crippen molar-refractivity contribution in [2.24, 2.45) is 0 Å². The highest BCUT2D eigenvalue weighted by molar-refractivity contribution is 9.10. The molecule has 0 saturated heterocycles. The van der Waals surface area contributed by atoms with E-state index in [1.54, 1.807) is 12.1 Å². The molecule has 5 heteroatoms. The second-order valence-electron chi connectivity index (χ2n) is 3.22. The summed E-state index contributed by atoms with van der Waals surface area (Å²) in [5, 5.41) is 9.91. The molecule has 1 nitrogen and oxygen atoms in total. The van der Waals surface area contributed by atoms with Crippen LogP contribution < -0.4 is 0 Å². The van der Waals surface area contributed by atoms with Gasteiger partial charge in [0, 0.05) is 4.47 Å². The van der Waals surface area contributed by atoms with Gasteiger partial charge in [-0.1, -0.05) is 35.0 Å². The third-order valence-corrected chi connectivity index (χ3v) is 3.49. The molecule has 1 N–H and O–H groups in total. The van der Waals surface area contributed by atoms with E-state index in [9.17, 15) is 13.9 Å². The summed E-state index contributed by atoms with van der Waals surface area (Å²) < 4.78 is 27.2. The Morgan fingerprint density at radius 3 is 2.07 bits per heavy atom. The molecule has 1 aromatic rings. The fourth-order valence-corrected chi connectivity index (χ4v) is 2.07. The molecule has 0 aliphatic heterocycles. The summed E-state index contributed by atoms with van der Waals surface area (Å²) in [7, 11) is 0. The van der Waals surface area contributed by atoms with Crippen molar-refractivity contribution in [3.8, 4) is 0 Å². The van der Waals surface area contributed by atoms with Crippen LogP contribution in [-0.4, -0.2) is 9.94 Å². The predicted molar refractivity (Wildman–Crippen MR) is 62.2 cm³/mol. The summed E-state index contributed by atoms with van der Waals surface area (Å²) in [6, 6.07) is 6.19. The van der Waals surface area contributed by atoms with Crippen molar-refractivity contribution in [3.63, 3.8) is 0 Å². The van der Waals surface area contributed by atoms with E-state index < -0.39 is 10.4 Å². The molecule has 0 heterocycles. The van der Waals surface area contributed by atoms with Gasteiger partial charge in [-0.15, -0.1) is 0 Å². The van der Waals surface area contributed by atoms with Crippen LogP contribution in [0, 0.1) is 0 Å². The van der Waals surface area contributed by atoms with Crippen LogP contribution in [0.3, 0.4) is 0 Å². The Morgan fingerprint density at radius 2 is 1.73 bits per heavy atom. The molecule has 0 radical (unpaired) electrons. The summed E-state index contributed by atoms with van der Waals surface area (Å²) in [4.78, 5) is -3.34. The van der Waals surface area contributed by atoms with Crippen molar-refractivity contribution in [1.29, 1.82) is 0 Å². The van der Waals surface area contributed by atoms with Gasteiger partial charge in [0.15, 0.2) is 5.60 Å². The van der Waals surface area contributed by atoms with Crippen LogP contribution in [-0.2, 0) is 5.60 Å². The summed E-state index contributed by atoms with van der Waals surface area (Å²) >= 11 is 5.43. The highest BCUT2D eigenvalue weighted by Crippen LogP contribution is 2.44. The first-order chi connectivity index (χ1) is 6.81. The topological polar surface area (TPSA) is 20.2 Å². The molecule has 0 aliphatic rings. The second kappa shape index (κ2) is 4.47. The molecule has 1 aromatic carbocycles. The van der Waals surface area contributed by atoms with Crippen molar-refractivity contribution in [3.05, 3.63) is 34.3 Å². The first-order valence-corrected chi connectivity index (χ1v) is 5.95. The van der Waals surface area contributed by atoms with E-state index in [2.05, 4.69) is 31.9 Å². The molecule has 0 spiro atoms. The SMILES string of the molecule is CCC(O)(c1ccc(Br)cc1)C(F)(F)Br. The Bertz CT molecular complexity index is 334. The zero-order chi connectivity index (χ0) is 11.7. The van der Waals surface area contributed by atoms with Gasteiger partial charge in [0.05, 0.1) is 0 Å². The Kier molecular flexibility index (Phi) is 3.90. The first kappa shape index (κ1) is 13.1. The van der Waals surface area contributed by atoms with Gasteiger partial charge >= 0.3 is 4.83 Å². The Hall–Kier alpha value is -0.000000000000000111. The normalized spacial score (nSPS) is 16.1. The maximum Gasteiger partial charge on any atom is 0.333 e.